The molecular formula is C20H25N3O4. The van der Waals surface area contributed by atoms with E-state index in [1.165, 1.54) is 23.8 Å². The normalized spacial score (nSPS) is 15.7. The molecule has 7 heteroatoms. The molecule has 3 rings (SSSR count). The van der Waals surface area contributed by atoms with Crippen molar-refractivity contribution in [1.82, 2.24) is 4.90 Å². The second-order valence-electron chi connectivity index (χ2n) is 7.41. The van der Waals surface area contributed by atoms with Crippen LogP contribution in [0.2, 0.25) is 0 Å². The third kappa shape index (κ3) is 3.54. The molecule has 1 aliphatic carbocycles. The van der Waals surface area contributed by atoms with Gasteiger partial charge in [-0.05, 0) is 37.8 Å². The minimum Gasteiger partial charge on any atom is -0.505 e. The Bertz CT molecular complexity index is 922. The molecule has 3 N–H and O–H groups in total. The van der Waals surface area contributed by atoms with Crippen LogP contribution in [-0.4, -0.2) is 36.1 Å². The molecule has 7 nitrogen and oxygen atoms in total. The van der Waals surface area contributed by atoms with Crippen molar-refractivity contribution in [3.8, 4) is 5.75 Å². The van der Waals surface area contributed by atoms with Crippen molar-refractivity contribution in [2.75, 3.05) is 24.7 Å². The summed E-state index contributed by atoms with van der Waals surface area (Å²) >= 11 is 0. The van der Waals surface area contributed by atoms with Crippen LogP contribution in [0.3, 0.4) is 0 Å². The van der Waals surface area contributed by atoms with E-state index in [0.717, 1.165) is 12.8 Å². The lowest BCUT2D eigenvalue weighted by molar-refractivity contribution is 0.0824. The highest BCUT2D eigenvalue weighted by Gasteiger charge is 2.28. The zero-order valence-electron chi connectivity index (χ0n) is 15.8. The zero-order chi connectivity index (χ0) is 19.7. The molecule has 1 amide bonds. The van der Waals surface area contributed by atoms with Crippen LogP contribution in [0.5, 0.6) is 5.75 Å². The molecule has 1 unspecified atom stereocenters. The van der Waals surface area contributed by atoms with Crippen LogP contribution in [-0.2, 0) is 0 Å². The molecule has 1 aliphatic rings. The van der Waals surface area contributed by atoms with Crippen molar-refractivity contribution in [1.29, 1.82) is 0 Å². The molecule has 0 bridgehead atoms. The Hall–Kier alpha value is -2.83. The highest BCUT2D eigenvalue weighted by atomic mass is 16.3. The predicted octanol–water partition coefficient (Wildman–Crippen LogP) is 2.42. The molecule has 0 saturated heterocycles. The largest absolute Gasteiger partial charge is 0.505 e. The van der Waals surface area contributed by atoms with Crippen molar-refractivity contribution in [3.05, 3.63) is 44.2 Å². The number of hydrogen-bond donors (Lipinski definition) is 3. The lowest BCUT2D eigenvalue weighted by atomic mass is 9.99. The number of hydrogen-bond acceptors (Lipinski definition) is 6. The zero-order valence-corrected chi connectivity index (χ0v) is 15.8. The molecule has 0 radical (unpaired) electrons. The number of aromatic hydroxyl groups is 1. The summed E-state index contributed by atoms with van der Waals surface area (Å²) in [6.07, 6.45) is 4.60. The molecule has 2 aromatic rings. The summed E-state index contributed by atoms with van der Waals surface area (Å²) in [5.41, 5.74) is -0.455. The third-order valence-electron chi connectivity index (χ3n) is 5.32. The van der Waals surface area contributed by atoms with Crippen LogP contribution < -0.4 is 21.5 Å². The molecular weight excluding hydrogens is 346 g/mol. The number of benzene rings is 1. The molecule has 0 heterocycles. The Morgan fingerprint density at radius 1 is 1.15 bits per heavy atom. The maximum absolute atomic E-state index is 12.2. The van der Waals surface area contributed by atoms with Gasteiger partial charge < -0.3 is 20.6 Å². The van der Waals surface area contributed by atoms with Crippen LogP contribution in [0.1, 0.15) is 43.0 Å². The van der Waals surface area contributed by atoms with E-state index in [0.29, 0.717) is 5.92 Å². The first kappa shape index (κ1) is 18.9. The van der Waals surface area contributed by atoms with Crippen molar-refractivity contribution in [2.24, 2.45) is 5.92 Å². The predicted molar refractivity (Wildman–Crippen MR) is 106 cm³/mol. The lowest BCUT2D eigenvalue weighted by Gasteiger charge is -2.24. The topological polar surface area (TPSA) is 98.7 Å². The van der Waals surface area contributed by atoms with Crippen LogP contribution in [0.15, 0.2) is 27.8 Å². The van der Waals surface area contributed by atoms with E-state index in [1.807, 2.05) is 6.92 Å². The second-order valence-corrected chi connectivity index (χ2v) is 7.41. The number of amides is 1. The van der Waals surface area contributed by atoms with Gasteiger partial charge in [0.25, 0.3) is 16.8 Å². The van der Waals surface area contributed by atoms with E-state index in [-0.39, 0.29) is 40.3 Å². The fraction of sp³-hybridized carbons (Fsp3) is 0.450. The molecule has 1 saturated carbocycles. The maximum atomic E-state index is 12.2. The molecule has 0 spiro atoms. The van der Waals surface area contributed by atoms with Gasteiger partial charge in [0, 0.05) is 20.1 Å². The number of carbonyl (C=O) groups excluding carboxylic acids is 1. The van der Waals surface area contributed by atoms with E-state index >= 15 is 0 Å². The third-order valence-corrected chi connectivity index (χ3v) is 5.32. The molecule has 27 heavy (non-hydrogen) atoms. The van der Waals surface area contributed by atoms with Gasteiger partial charge in [0.05, 0.1) is 11.3 Å². The Kier molecular flexibility index (Phi) is 5.21. The van der Waals surface area contributed by atoms with Gasteiger partial charge in [-0.25, -0.2) is 0 Å². The molecule has 1 atom stereocenters. The smallest absolute Gasteiger partial charge is 0.257 e. The number of phenols is 1. The monoisotopic (exact) mass is 371 g/mol. The lowest BCUT2D eigenvalue weighted by Crippen LogP contribution is -2.39. The number of anilines is 3. The summed E-state index contributed by atoms with van der Waals surface area (Å²) in [5.74, 6) is -0.120. The van der Waals surface area contributed by atoms with Crippen molar-refractivity contribution < 1.29 is 9.90 Å². The standard InChI is InChI=1S/C20H25N3O4/c1-11(12-7-4-5-8-12)21-15-16(19(26)18(15)25)22-14-10-6-9-13(17(14)24)20(27)23(2)3/h6,9-12,21-22,24H,4-5,7-8H2,1-3H3. The van der Waals surface area contributed by atoms with Crippen LogP contribution in [0, 0.1) is 5.92 Å². The van der Waals surface area contributed by atoms with Gasteiger partial charge in [-0.3, -0.25) is 14.4 Å². The number of phenolic OH excluding ortho intramolecular Hbond substituents is 1. The van der Waals surface area contributed by atoms with E-state index in [9.17, 15) is 19.5 Å². The summed E-state index contributed by atoms with van der Waals surface area (Å²) < 4.78 is 0. The van der Waals surface area contributed by atoms with Crippen molar-refractivity contribution in [3.63, 3.8) is 0 Å². The van der Waals surface area contributed by atoms with Crippen LogP contribution in [0.4, 0.5) is 17.1 Å². The highest BCUT2D eigenvalue weighted by molar-refractivity contribution is 5.99. The number of carbonyl (C=O) groups is 1. The van der Waals surface area contributed by atoms with Gasteiger partial charge in [0.1, 0.15) is 11.4 Å². The Morgan fingerprint density at radius 3 is 2.41 bits per heavy atom. The van der Waals surface area contributed by atoms with Crippen LogP contribution >= 0.6 is 0 Å². The Balaban J connectivity index is 1.84. The van der Waals surface area contributed by atoms with Crippen molar-refractivity contribution in [2.45, 2.75) is 38.6 Å². The quantitative estimate of drug-likeness (QED) is 0.533. The summed E-state index contributed by atoms with van der Waals surface area (Å²) in [7, 11) is 3.18. The summed E-state index contributed by atoms with van der Waals surface area (Å²) in [5, 5.41) is 16.4. The first-order chi connectivity index (χ1) is 12.8. The first-order valence-electron chi connectivity index (χ1n) is 9.21. The van der Waals surface area contributed by atoms with Gasteiger partial charge >= 0.3 is 0 Å². The number of nitrogens with zero attached hydrogens (tertiary/aromatic N) is 1. The molecule has 0 aromatic heterocycles. The minimum absolute atomic E-state index is 0.0894. The minimum atomic E-state index is -0.625. The van der Waals surface area contributed by atoms with Gasteiger partial charge in [-0.2, -0.15) is 0 Å². The number of para-hydroxylation sites is 1. The average molecular weight is 371 g/mol. The van der Waals surface area contributed by atoms with Crippen LogP contribution in [0.25, 0.3) is 0 Å². The maximum Gasteiger partial charge on any atom is 0.257 e. The fourth-order valence-electron chi connectivity index (χ4n) is 3.64. The van der Waals surface area contributed by atoms with Gasteiger partial charge in [0.15, 0.2) is 5.75 Å². The Labute approximate surface area is 157 Å². The molecule has 0 aliphatic heterocycles. The Morgan fingerprint density at radius 2 is 1.78 bits per heavy atom. The van der Waals surface area contributed by atoms with Gasteiger partial charge in [-0.15, -0.1) is 0 Å². The van der Waals surface area contributed by atoms with E-state index in [2.05, 4.69) is 10.6 Å². The van der Waals surface area contributed by atoms with E-state index in [4.69, 9.17) is 0 Å². The molecule has 1 fully saturated rings. The van der Waals surface area contributed by atoms with Gasteiger partial charge in [-0.1, -0.05) is 18.9 Å². The molecule has 2 aromatic carbocycles. The SMILES string of the molecule is CC(Nc1c(Nc2cccc(C(=O)N(C)C)c2O)c(=O)c1=O)C1CCCC1. The fourth-order valence-corrected chi connectivity index (χ4v) is 3.64. The second kappa shape index (κ2) is 7.42. The number of rotatable bonds is 6. The van der Waals surface area contributed by atoms with E-state index in [1.54, 1.807) is 26.2 Å². The molecule has 144 valence electrons. The number of nitrogens with one attached hydrogen (secondary N) is 2. The van der Waals surface area contributed by atoms with Crippen molar-refractivity contribution >= 4 is 23.0 Å². The van der Waals surface area contributed by atoms with E-state index < -0.39 is 10.9 Å². The summed E-state index contributed by atoms with van der Waals surface area (Å²) in [4.78, 5) is 37.6. The first-order valence-corrected chi connectivity index (χ1v) is 9.21. The summed E-state index contributed by atoms with van der Waals surface area (Å²) in [6, 6.07) is 4.76. The average Bonchev–Trinajstić information content (AvgIpc) is 3.19. The van der Waals surface area contributed by atoms with Gasteiger partial charge in [0.2, 0.25) is 0 Å². The highest BCUT2D eigenvalue weighted by Crippen LogP contribution is 2.33. The summed E-state index contributed by atoms with van der Waals surface area (Å²) in [6.45, 7) is 2.02.